The number of hydrogen-bond acceptors (Lipinski definition) is 8. The first-order valence-electron chi connectivity index (χ1n) is 5.13. The molecule has 1 aliphatic heterocycles. The Bertz CT molecular complexity index is 231. The standard InChI is InChI=1S/C9H18O8/c1-16-9-7(15)5(13)6(14)8(17-9)4(12)3(11)2-10/h3-15H,2H2,1H3/t3-,4-,5-,6+,7+,8+,9+/m1/s1. The monoisotopic (exact) mass is 254 g/mol. The van der Waals surface area contributed by atoms with E-state index in [1.807, 2.05) is 0 Å². The van der Waals surface area contributed by atoms with E-state index in [4.69, 9.17) is 14.6 Å². The van der Waals surface area contributed by atoms with Crippen molar-refractivity contribution in [2.45, 2.75) is 42.9 Å². The number of methoxy groups -OCH3 is 1. The summed E-state index contributed by atoms with van der Waals surface area (Å²) in [5, 5.41) is 56.0. The fraction of sp³-hybridized carbons (Fsp3) is 1.00. The Kier molecular flexibility index (Phi) is 5.22. The van der Waals surface area contributed by atoms with Gasteiger partial charge in [-0.25, -0.2) is 0 Å². The van der Waals surface area contributed by atoms with E-state index in [-0.39, 0.29) is 0 Å². The van der Waals surface area contributed by atoms with Gasteiger partial charge in [0.2, 0.25) is 0 Å². The number of aliphatic hydroxyl groups is 6. The molecule has 0 radical (unpaired) electrons. The lowest BCUT2D eigenvalue weighted by atomic mass is 9.93. The van der Waals surface area contributed by atoms with Gasteiger partial charge in [-0.15, -0.1) is 0 Å². The second-order valence-corrected chi connectivity index (χ2v) is 3.92. The molecular weight excluding hydrogens is 236 g/mol. The van der Waals surface area contributed by atoms with Gasteiger partial charge in [-0.05, 0) is 0 Å². The highest BCUT2D eigenvalue weighted by Crippen LogP contribution is 2.24. The molecule has 1 rings (SSSR count). The van der Waals surface area contributed by atoms with Crippen LogP contribution in [-0.4, -0.2) is 87.3 Å². The molecule has 102 valence electrons. The third kappa shape index (κ3) is 2.92. The van der Waals surface area contributed by atoms with E-state index in [2.05, 4.69) is 0 Å². The van der Waals surface area contributed by atoms with E-state index in [9.17, 15) is 25.5 Å². The lowest BCUT2D eigenvalue weighted by molar-refractivity contribution is -0.309. The molecule has 0 aromatic rings. The normalized spacial score (nSPS) is 42.2. The molecule has 1 heterocycles. The minimum atomic E-state index is -1.62. The molecule has 0 unspecified atom stereocenters. The summed E-state index contributed by atoms with van der Waals surface area (Å²) in [7, 11) is 1.21. The van der Waals surface area contributed by atoms with Crippen molar-refractivity contribution in [3.05, 3.63) is 0 Å². The Hall–Kier alpha value is -0.320. The van der Waals surface area contributed by atoms with Gasteiger partial charge in [-0.1, -0.05) is 0 Å². The summed E-state index contributed by atoms with van der Waals surface area (Å²) in [4.78, 5) is 0. The molecule has 1 fully saturated rings. The van der Waals surface area contributed by atoms with Crippen LogP contribution in [0, 0.1) is 0 Å². The molecule has 17 heavy (non-hydrogen) atoms. The van der Waals surface area contributed by atoms with Crippen molar-refractivity contribution in [1.82, 2.24) is 0 Å². The van der Waals surface area contributed by atoms with Crippen LogP contribution in [0.15, 0.2) is 0 Å². The topological polar surface area (TPSA) is 140 Å². The van der Waals surface area contributed by atoms with Crippen LogP contribution in [0.1, 0.15) is 0 Å². The van der Waals surface area contributed by atoms with E-state index < -0.39 is 49.5 Å². The predicted octanol–water partition coefficient (Wildman–Crippen LogP) is -3.85. The van der Waals surface area contributed by atoms with E-state index in [0.29, 0.717) is 0 Å². The van der Waals surface area contributed by atoms with Crippen LogP contribution >= 0.6 is 0 Å². The minimum absolute atomic E-state index is 0.732. The first kappa shape index (κ1) is 14.7. The van der Waals surface area contributed by atoms with Crippen molar-refractivity contribution in [2.75, 3.05) is 13.7 Å². The second-order valence-electron chi connectivity index (χ2n) is 3.92. The maximum absolute atomic E-state index is 9.59. The molecule has 0 spiro atoms. The van der Waals surface area contributed by atoms with Crippen molar-refractivity contribution < 1.29 is 40.1 Å². The first-order chi connectivity index (χ1) is 7.93. The summed E-state index contributed by atoms with van der Waals surface area (Å²) < 4.78 is 9.73. The van der Waals surface area contributed by atoms with Gasteiger partial charge in [0.1, 0.15) is 36.6 Å². The largest absolute Gasteiger partial charge is 0.394 e. The Labute approximate surface area is 97.6 Å². The fourth-order valence-electron chi connectivity index (χ4n) is 1.68. The number of ether oxygens (including phenoxy) is 2. The summed E-state index contributed by atoms with van der Waals surface area (Å²) >= 11 is 0. The SMILES string of the molecule is CO[C@H]1O[C@@H]([C@H](O)[C@H](O)CO)[C@@H](O)[C@@H](O)[C@@H]1O. The third-order valence-corrected chi connectivity index (χ3v) is 2.76. The van der Waals surface area contributed by atoms with E-state index in [0.717, 1.165) is 0 Å². The molecular formula is C9H18O8. The molecule has 1 aliphatic rings. The third-order valence-electron chi connectivity index (χ3n) is 2.76. The summed E-state index contributed by atoms with van der Waals surface area (Å²) in [6, 6.07) is 0. The highest BCUT2D eigenvalue weighted by Gasteiger charge is 2.47. The van der Waals surface area contributed by atoms with Crippen LogP contribution in [0.5, 0.6) is 0 Å². The molecule has 0 bridgehead atoms. The summed E-state index contributed by atoms with van der Waals surface area (Å²) in [6.07, 6.45) is -10.4. The maximum Gasteiger partial charge on any atom is 0.186 e. The minimum Gasteiger partial charge on any atom is -0.394 e. The molecule has 0 aliphatic carbocycles. The second kappa shape index (κ2) is 6.03. The van der Waals surface area contributed by atoms with Crippen LogP contribution in [0.4, 0.5) is 0 Å². The summed E-state index contributed by atoms with van der Waals surface area (Å²) in [5.74, 6) is 0. The van der Waals surface area contributed by atoms with Gasteiger partial charge < -0.3 is 40.1 Å². The zero-order valence-electron chi connectivity index (χ0n) is 9.25. The highest BCUT2D eigenvalue weighted by atomic mass is 16.7. The number of rotatable bonds is 4. The van der Waals surface area contributed by atoms with Gasteiger partial charge in [-0.2, -0.15) is 0 Å². The van der Waals surface area contributed by atoms with Gasteiger partial charge in [0.05, 0.1) is 6.61 Å². The molecule has 8 heteroatoms. The molecule has 7 atom stereocenters. The van der Waals surface area contributed by atoms with Gasteiger partial charge in [0.25, 0.3) is 0 Å². The summed E-state index contributed by atoms with van der Waals surface area (Å²) in [5.41, 5.74) is 0. The molecule has 0 amide bonds. The average molecular weight is 254 g/mol. The van der Waals surface area contributed by atoms with Gasteiger partial charge in [0.15, 0.2) is 6.29 Å². The van der Waals surface area contributed by atoms with Crippen molar-refractivity contribution in [3.8, 4) is 0 Å². The first-order valence-corrected chi connectivity index (χ1v) is 5.13. The Balaban J connectivity index is 2.78. The number of hydrogen-bond donors (Lipinski definition) is 6. The average Bonchev–Trinajstić information content (AvgIpc) is 2.34. The zero-order valence-corrected chi connectivity index (χ0v) is 9.25. The van der Waals surface area contributed by atoms with Crippen molar-refractivity contribution in [1.29, 1.82) is 0 Å². The van der Waals surface area contributed by atoms with Crippen molar-refractivity contribution in [2.24, 2.45) is 0 Å². The molecule has 6 N–H and O–H groups in total. The van der Waals surface area contributed by atoms with E-state index in [1.165, 1.54) is 7.11 Å². The predicted molar refractivity (Wildman–Crippen MR) is 52.8 cm³/mol. The van der Waals surface area contributed by atoms with Gasteiger partial charge in [0, 0.05) is 7.11 Å². The van der Waals surface area contributed by atoms with Gasteiger partial charge >= 0.3 is 0 Å². The highest BCUT2D eigenvalue weighted by molar-refractivity contribution is 4.94. The molecule has 0 aromatic heterocycles. The lowest BCUT2D eigenvalue weighted by Gasteiger charge is -2.42. The summed E-state index contributed by atoms with van der Waals surface area (Å²) in [6.45, 7) is -0.732. The van der Waals surface area contributed by atoms with Gasteiger partial charge in [-0.3, -0.25) is 0 Å². The molecule has 1 saturated heterocycles. The van der Waals surface area contributed by atoms with Crippen LogP contribution < -0.4 is 0 Å². The van der Waals surface area contributed by atoms with Crippen molar-refractivity contribution in [3.63, 3.8) is 0 Å². The maximum atomic E-state index is 9.59. The lowest BCUT2D eigenvalue weighted by Crippen LogP contribution is -2.62. The Morgan fingerprint density at radius 1 is 1.12 bits per heavy atom. The van der Waals surface area contributed by atoms with Crippen LogP contribution in [0.25, 0.3) is 0 Å². The smallest absolute Gasteiger partial charge is 0.186 e. The molecule has 8 nitrogen and oxygen atoms in total. The van der Waals surface area contributed by atoms with E-state index >= 15 is 0 Å². The quantitative estimate of drug-likeness (QED) is 0.300. The van der Waals surface area contributed by atoms with Crippen LogP contribution in [-0.2, 0) is 9.47 Å². The molecule has 0 aromatic carbocycles. The Morgan fingerprint density at radius 2 is 1.71 bits per heavy atom. The fourth-order valence-corrected chi connectivity index (χ4v) is 1.68. The zero-order chi connectivity index (χ0) is 13.2. The van der Waals surface area contributed by atoms with Crippen LogP contribution in [0.2, 0.25) is 0 Å². The number of aliphatic hydroxyl groups excluding tert-OH is 6. The Morgan fingerprint density at radius 3 is 2.18 bits per heavy atom. The van der Waals surface area contributed by atoms with Crippen molar-refractivity contribution >= 4 is 0 Å². The van der Waals surface area contributed by atoms with E-state index in [1.54, 1.807) is 0 Å². The van der Waals surface area contributed by atoms with Crippen LogP contribution in [0.3, 0.4) is 0 Å². The molecule has 0 saturated carbocycles.